The summed E-state index contributed by atoms with van der Waals surface area (Å²) in [5, 5.41) is 11.5. The predicted molar refractivity (Wildman–Crippen MR) is 98.8 cm³/mol. The van der Waals surface area contributed by atoms with Crippen LogP contribution in [0.5, 0.6) is 11.5 Å². The topological polar surface area (TPSA) is 81.9 Å². The number of ether oxygens (including phenoxy) is 2. The van der Waals surface area contributed by atoms with Gasteiger partial charge in [0, 0.05) is 18.4 Å². The molecule has 26 heavy (non-hydrogen) atoms. The van der Waals surface area contributed by atoms with E-state index in [1.165, 1.54) is 19.2 Å². The molecule has 7 nitrogen and oxygen atoms in total. The average Bonchev–Trinajstić information content (AvgIpc) is 3.20. The highest BCUT2D eigenvalue weighted by atomic mass is 32.2. The number of methoxy groups -OCH3 is 1. The fourth-order valence-corrected chi connectivity index (χ4v) is 3.57. The van der Waals surface area contributed by atoms with Crippen molar-refractivity contribution in [3.05, 3.63) is 63.7 Å². The van der Waals surface area contributed by atoms with Crippen molar-refractivity contribution in [3.63, 3.8) is 0 Å². The molecule has 8 heteroatoms. The molecule has 1 fully saturated rings. The summed E-state index contributed by atoms with van der Waals surface area (Å²) >= 11 is 1.62. The zero-order valence-corrected chi connectivity index (χ0v) is 15.0. The molecule has 1 saturated heterocycles. The number of carbonyl (C=O) groups is 1. The molecule has 0 unspecified atom stereocenters. The first kappa shape index (κ1) is 18.1. The fourth-order valence-electron chi connectivity index (χ4n) is 2.62. The second-order valence-electron chi connectivity index (χ2n) is 5.66. The van der Waals surface area contributed by atoms with Crippen molar-refractivity contribution in [1.82, 2.24) is 4.90 Å². The van der Waals surface area contributed by atoms with Gasteiger partial charge in [0.1, 0.15) is 12.2 Å². The summed E-state index contributed by atoms with van der Waals surface area (Å²) in [6.45, 7) is 0.819. The van der Waals surface area contributed by atoms with Gasteiger partial charge in [-0.1, -0.05) is 30.3 Å². The molecule has 1 heterocycles. The normalized spacial score (nSPS) is 13.5. The first-order chi connectivity index (χ1) is 12.6. The van der Waals surface area contributed by atoms with Gasteiger partial charge in [0.05, 0.1) is 24.0 Å². The summed E-state index contributed by atoms with van der Waals surface area (Å²) < 4.78 is 11.0. The maximum atomic E-state index is 12.6. The number of carbonyl (C=O) groups excluding carboxylic acids is 1. The first-order valence-electron chi connectivity index (χ1n) is 8.00. The third-order valence-electron chi connectivity index (χ3n) is 3.99. The monoisotopic (exact) mass is 374 g/mol. The average molecular weight is 374 g/mol. The molecule has 136 valence electrons. The van der Waals surface area contributed by atoms with Gasteiger partial charge in [-0.15, -0.1) is 11.8 Å². The van der Waals surface area contributed by atoms with Crippen LogP contribution < -0.4 is 9.47 Å². The van der Waals surface area contributed by atoms with Gasteiger partial charge >= 0.3 is 0 Å². The minimum atomic E-state index is -0.564. The summed E-state index contributed by atoms with van der Waals surface area (Å²) in [5.74, 6) is 1.52. The van der Waals surface area contributed by atoms with Crippen LogP contribution in [0.2, 0.25) is 0 Å². The standard InChI is InChI=1S/C18H18N2O5S/c1-24-16-9-14(18(21)19-7-8-26-12-19)15(20(22)23)10-17(16)25-11-13-5-3-2-4-6-13/h2-6,9-10H,7-8,11-12H2,1H3. The molecular weight excluding hydrogens is 356 g/mol. The van der Waals surface area contributed by atoms with E-state index in [4.69, 9.17) is 9.47 Å². The van der Waals surface area contributed by atoms with Gasteiger partial charge in [-0.25, -0.2) is 0 Å². The Hall–Kier alpha value is -2.74. The van der Waals surface area contributed by atoms with Crippen LogP contribution in [0.1, 0.15) is 15.9 Å². The lowest BCUT2D eigenvalue weighted by molar-refractivity contribution is -0.385. The quantitative estimate of drug-likeness (QED) is 0.570. The van der Waals surface area contributed by atoms with E-state index in [0.717, 1.165) is 11.3 Å². The molecule has 3 rings (SSSR count). The van der Waals surface area contributed by atoms with Gasteiger partial charge < -0.3 is 14.4 Å². The summed E-state index contributed by atoms with van der Waals surface area (Å²) in [7, 11) is 1.44. The van der Waals surface area contributed by atoms with Crippen molar-refractivity contribution in [1.29, 1.82) is 0 Å². The highest BCUT2D eigenvalue weighted by molar-refractivity contribution is 7.99. The summed E-state index contributed by atoms with van der Waals surface area (Å²) in [5.41, 5.74) is 0.656. The molecule has 0 radical (unpaired) electrons. The number of benzene rings is 2. The number of amides is 1. The van der Waals surface area contributed by atoms with Crippen LogP contribution in [0.4, 0.5) is 5.69 Å². The van der Waals surface area contributed by atoms with E-state index in [1.54, 1.807) is 16.7 Å². The molecule has 0 aromatic heterocycles. The molecule has 1 aliphatic heterocycles. The van der Waals surface area contributed by atoms with Crippen molar-refractivity contribution in [2.75, 3.05) is 25.3 Å². The van der Waals surface area contributed by atoms with E-state index in [2.05, 4.69) is 0 Å². The second-order valence-corrected chi connectivity index (χ2v) is 6.73. The van der Waals surface area contributed by atoms with Gasteiger partial charge in [0.15, 0.2) is 11.5 Å². The maximum Gasteiger partial charge on any atom is 0.286 e. The van der Waals surface area contributed by atoms with Gasteiger partial charge in [-0.3, -0.25) is 14.9 Å². The number of nitro groups is 1. The third kappa shape index (κ3) is 3.91. The number of nitrogens with zero attached hydrogens (tertiary/aromatic N) is 2. The fraction of sp³-hybridized carbons (Fsp3) is 0.278. The number of nitro benzene ring substituents is 1. The lowest BCUT2D eigenvalue weighted by atomic mass is 10.1. The molecule has 0 N–H and O–H groups in total. The van der Waals surface area contributed by atoms with Crippen LogP contribution in [0, 0.1) is 10.1 Å². The summed E-state index contributed by atoms with van der Waals surface area (Å²) in [6, 6.07) is 12.1. The Morgan fingerprint density at radius 2 is 2.04 bits per heavy atom. The van der Waals surface area contributed by atoms with Crippen LogP contribution in [0.25, 0.3) is 0 Å². The highest BCUT2D eigenvalue weighted by Gasteiger charge is 2.29. The van der Waals surface area contributed by atoms with Crippen molar-refractivity contribution >= 4 is 23.4 Å². The maximum absolute atomic E-state index is 12.6. The van der Waals surface area contributed by atoms with E-state index in [0.29, 0.717) is 18.2 Å². The highest BCUT2D eigenvalue weighted by Crippen LogP contribution is 2.36. The van der Waals surface area contributed by atoms with Gasteiger partial charge in [0.2, 0.25) is 0 Å². The van der Waals surface area contributed by atoms with Gasteiger partial charge in [-0.05, 0) is 5.56 Å². The molecule has 1 aliphatic rings. The lowest BCUT2D eigenvalue weighted by Crippen LogP contribution is -2.28. The van der Waals surface area contributed by atoms with Crippen LogP contribution in [0.15, 0.2) is 42.5 Å². The van der Waals surface area contributed by atoms with E-state index >= 15 is 0 Å². The number of thioether (sulfide) groups is 1. The smallest absolute Gasteiger partial charge is 0.286 e. The Bertz CT molecular complexity index is 807. The van der Waals surface area contributed by atoms with Crippen molar-refractivity contribution in [2.24, 2.45) is 0 Å². The van der Waals surface area contributed by atoms with Crippen LogP contribution >= 0.6 is 11.8 Å². The molecule has 0 bridgehead atoms. The van der Waals surface area contributed by atoms with Crippen molar-refractivity contribution in [3.8, 4) is 11.5 Å². The first-order valence-corrected chi connectivity index (χ1v) is 9.16. The number of hydrogen-bond donors (Lipinski definition) is 0. The molecular formula is C18H18N2O5S. The van der Waals surface area contributed by atoms with Crippen LogP contribution in [-0.4, -0.2) is 41.0 Å². The molecule has 0 saturated carbocycles. The number of hydrogen-bond acceptors (Lipinski definition) is 6. The lowest BCUT2D eigenvalue weighted by Gasteiger charge is -2.16. The zero-order chi connectivity index (χ0) is 18.5. The Balaban J connectivity index is 1.91. The predicted octanol–water partition coefficient (Wildman–Crippen LogP) is 3.33. The molecule has 0 atom stereocenters. The number of rotatable bonds is 6. The van der Waals surface area contributed by atoms with E-state index in [1.807, 2.05) is 30.3 Å². The zero-order valence-electron chi connectivity index (χ0n) is 14.2. The van der Waals surface area contributed by atoms with E-state index < -0.39 is 4.92 Å². The molecule has 2 aromatic carbocycles. The third-order valence-corrected chi connectivity index (χ3v) is 4.95. The minimum absolute atomic E-state index is 0.0152. The Morgan fingerprint density at radius 3 is 2.65 bits per heavy atom. The van der Waals surface area contributed by atoms with E-state index in [-0.39, 0.29) is 29.5 Å². The summed E-state index contributed by atoms with van der Waals surface area (Å²) in [6.07, 6.45) is 0. The molecule has 0 aliphatic carbocycles. The summed E-state index contributed by atoms with van der Waals surface area (Å²) in [4.78, 5) is 25.2. The largest absolute Gasteiger partial charge is 0.493 e. The van der Waals surface area contributed by atoms with Gasteiger partial charge in [0.25, 0.3) is 11.6 Å². The molecule has 2 aromatic rings. The molecule has 0 spiro atoms. The van der Waals surface area contributed by atoms with Gasteiger partial charge in [-0.2, -0.15) is 0 Å². The molecule has 1 amide bonds. The Morgan fingerprint density at radius 1 is 1.27 bits per heavy atom. The van der Waals surface area contributed by atoms with Crippen LogP contribution in [0.3, 0.4) is 0 Å². The Kier molecular flexibility index (Phi) is 5.62. The SMILES string of the molecule is COc1cc(C(=O)N2CCSC2)c([N+](=O)[O-])cc1OCc1ccccc1. The minimum Gasteiger partial charge on any atom is -0.493 e. The second kappa shape index (κ2) is 8.09. The van der Waals surface area contributed by atoms with Crippen molar-refractivity contribution in [2.45, 2.75) is 6.61 Å². The Labute approximate surface area is 155 Å². The van der Waals surface area contributed by atoms with E-state index in [9.17, 15) is 14.9 Å². The van der Waals surface area contributed by atoms with Crippen molar-refractivity contribution < 1.29 is 19.2 Å². The van der Waals surface area contributed by atoms with Crippen LogP contribution in [-0.2, 0) is 6.61 Å².